The number of nitrogens with zero attached hydrogens (tertiary/aromatic N) is 1. The minimum absolute atomic E-state index is 0.250. The molecule has 0 saturated heterocycles. The lowest BCUT2D eigenvalue weighted by molar-refractivity contribution is 0.102. The van der Waals surface area contributed by atoms with Crippen LogP contribution in [0.15, 0.2) is 0 Å². The first-order chi connectivity index (χ1) is 7.49. The number of hydrogen-bond acceptors (Lipinski definition) is 3. The summed E-state index contributed by atoms with van der Waals surface area (Å²) in [6, 6.07) is 0.500. The summed E-state index contributed by atoms with van der Waals surface area (Å²) in [5, 5.41) is 12.4. The third-order valence-corrected chi connectivity index (χ3v) is 3.16. The molecule has 0 aromatic heterocycles. The van der Waals surface area contributed by atoms with E-state index in [4.69, 9.17) is 5.11 Å². The first-order valence-corrected chi connectivity index (χ1v) is 6.48. The van der Waals surface area contributed by atoms with Gasteiger partial charge in [-0.2, -0.15) is 0 Å². The van der Waals surface area contributed by atoms with Crippen LogP contribution in [0.1, 0.15) is 40.5 Å². The van der Waals surface area contributed by atoms with Gasteiger partial charge in [0.25, 0.3) is 0 Å². The maximum absolute atomic E-state index is 9.08. The summed E-state index contributed by atoms with van der Waals surface area (Å²) in [4.78, 5) is 2.37. The molecule has 0 radical (unpaired) electrons. The molecule has 98 valence electrons. The van der Waals surface area contributed by atoms with E-state index in [0.29, 0.717) is 11.5 Å². The average molecular weight is 230 g/mol. The highest BCUT2D eigenvalue weighted by Crippen LogP contribution is 2.24. The van der Waals surface area contributed by atoms with E-state index in [1.54, 1.807) is 0 Å². The normalized spacial score (nSPS) is 15.8. The van der Waals surface area contributed by atoms with Gasteiger partial charge in [0.1, 0.15) is 0 Å². The lowest BCUT2D eigenvalue weighted by Crippen LogP contribution is -2.45. The average Bonchev–Trinajstić information content (AvgIpc) is 2.17. The SMILES string of the molecule is CCCC(C)(CNC)CN(CCO)C(C)C. The van der Waals surface area contributed by atoms with Crippen LogP contribution in [0.2, 0.25) is 0 Å². The quantitative estimate of drug-likeness (QED) is 0.633. The molecular weight excluding hydrogens is 200 g/mol. The van der Waals surface area contributed by atoms with Crippen LogP contribution in [0, 0.1) is 5.41 Å². The summed E-state index contributed by atoms with van der Waals surface area (Å²) >= 11 is 0. The number of hydrogen-bond donors (Lipinski definition) is 2. The second kappa shape index (κ2) is 8.04. The molecule has 2 N–H and O–H groups in total. The van der Waals surface area contributed by atoms with Gasteiger partial charge in [0.05, 0.1) is 6.61 Å². The predicted octanol–water partition coefficient (Wildman–Crippen LogP) is 1.71. The first-order valence-electron chi connectivity index (χ1n) is 6.48. The highest BCUT2D eigenvalue weighted by atomic mass is 16.3. The molecule has 0 aliphatic carbocycles. The summed E-state index contributed by atoms with van der Waals surface area (Å²) in [6.45, 7) is 12.1. The Bertz CT molecular complexity index is 165. The van der Waals surface area contributed by atoms with Gasteiger partial charge in [-0.3, -0.25) is 4.90 Å². The highest BCUT2D eigenvalue weighted by molar-refractivity contribution is 4.81. The predicted molar refractivity (Wildman–Crippen MR) is 70.7 cm³/mol. The molecule has 0 spiro atoms. The largest absolute Gasteiger partial charge is 0.395 e. The zero-order valence-corrected chi connectivity index (χ0v) is 11.7. The molecule has 0 rings (SSSR count). The molecule has 0 aromatic rings. The Kier molecular flexibility index (Phi) is 7.98. The fourth-order valence-corrected chi connectivity index (χ4v) is 2.39. The second-order valence-electron chi connectivity index (χ2n) is 5.38. The first kappa shape index (κ1) is 15.9. The van der Waals surface area contributed by atoms with Crippen LogP contribution in [0.4, 0.5) is 0 Å². The van der Waals surface area contributed by atoms with Crippen LogP contribution in [0.3, 0.4) is 0 Å². The lowest BCUT2D eigenvalue weighted by atomic mass is 9.84. The van der Waals surface area contributed by atoms with E-state index >= 15 is 0 Å². The Hall–Kier alpha value is -0.120. The molecule has 1 atom stereocenters. The van der Waals surface area contributed by atoms with Crippen LogP contribution in [0.5, 0.6) is 0 Å². The van der Waals surface area contributed by atoms with E-state index in [1.807, 2.05) is 7.05 Å². The van der Waals surface area contributed by atoms with E-state index in [2.05, 4.69) is 37.9 Å². The second-order valence-corrected chi connectivity index (χ2v) is 5.38. The summed E-state index contributed by atoms with van der Waals surface area (Å²) < 4.78 is 0. The van der Waals surface area contributed by atoms with Gasteiger partial charge in [-0.15, -0.1) is 0 Å². The Labute approximate surface area is 101 Å². The van der Waals surface area contributed by atoms with Gasteiger partial charge in [0, 0.05) is 25.7 Å². The molecule has 0 bridgehead atoms. The van der Waals surface area contributed by atoms with Gasteiger partial charge in [0.2, 0.25) is 0 Å². The zero-order valence-electron chi connectivity index (χ0n) is 11.7. The monoisotopic (exact) mass is 230 g/mol. The zero-order chi connectivity index (χ0) is 12.6. The van der Waals surface area contributed by atoms with Crippen molar-refractivity contribution in [2.75, 3.05) is 33.3 Å². The molecule has 0 saturated carbocycles. The third-order valence-electron chi connectivity index (χ3n) is 3.16. The van der Waals surface area contributed by atoms with Crippen molar-refractivity contribution >= 4 is 0 Å². The topological polar surface area (TPSA) is 35.5 Å². The summed E-state index contributed by atoms with van der Waals surface area (Å²) in [5.41, 5.74) is 0.308. The minimum Gasteiger partial charge on any atom is -0.395 e. The van der Waals surface area contributed by atoms with Gasteiger partial charge in [-0.25, -0.2) is 0 Å². The smallest absolute Gasteiger partial charge is 0.0558 e. The Morgan fingerprint density at radius 2 is 2.00 bits per heavy atom. The van der Waals surface area contributed by atoms with Gasteiger partial charge in [0.15, 0.2) is 0 Å². The maximum atomic E-state index is 9.08. The number of aliphatic hydroxyl groups excluding tert-OH is 1. The third kappa shape index (κ3) is 5.83. The number of rotatable bonds is 9. The molecule has 0 aliphatic heterocycles. The van der Waals surface area contributed by atoms with E-state index in [9.17, 15) is 0 Å². The molecule has 0 aromatic carbocycles. The summed E-state index contributed by atoms with van der Waals surface area (Å²) in [5.74, 6) is 0. The maximum Gasteiger partial charge on any atom is 0.0558 e. The van der Waals surface area contributed by atoms with Gasteiger partial charge in [-0.05, 0) is 32.7 Å². The van der Waals surface area contributed by atoms with Crippen molar-refractivity contribution < 1.29 is 5.11 Å². The van der Waals surface area contributed by atoms with E-state index < -0.39 is 0 Å². The standard InChI is InChI=1S/C13H30N2O/c1-6-7-13(4,10-14-5)11-15(8-9-16)12(2)3/h12,14,16H,6-11H2,1-5H3. The number of nitrogens with one attached hydrogen (secondary N) is 1. The lowest BCUT2D eigenvalue weighted by Gasteiger charge is -2.37. The van der Waals surface area contributed by atoms with E-state index in [-0.39, 0.29) is 6.61 Å². The van der Waals surface area contributed by atoms with Crippen molar-refractivity contribution in [2.45, 2.75) is 46.6 Å². The Morgan fingerprint density at radius 3 is 2.38 bits per heavy atom. The molecule has 0 heterocycles. The fourth-order valence-electron chi connectivity index (χ4n) is 2.39. The number of aliphatic hydroxyl groups is 1. The van der Waals surface area contributed by atoms with Crippen LogP contribution in [-0.2, 0) is 0 Å². The molecule has 3 nitrogen and oxygen atoms in total. The van der Waals surface area contributed by atoms with E-state index in [1.165, 1.54) is 12.8 Å². The molecule has 0 aliphatic rings. The van der Waals surface area contributed by atoms with Gasteiger partial charge >= 0.3 is 0 Å². The Morgan fingerprint density at radius 1 is 1.38 bits per heavy atom. The molecular formula is C13H30N2O. The van der Waals surface area contributed by atoms with Crippen molar-refractivity contribution in [1.82, 2.24) is 10.2 Å². The Balaban J connectivity index is 4.43. The molecule has 0 amide bonds. The molecule has 1 unspecified atom stereocenters. The summed E-state index contributed by atoms with van der Waals surface area (Å²) in [7, 11) is 2.01. The van der Waals surface area contributed by atoms with Crippen molar-refractivity contribution in [3.63, 3.8) is 0 Å². The molecule has 3 heteroatoms. The van der Waals surface area contributed by atoms with Gasteiger partial charge < -0.3 is 10.4 Å². The van der Waals surface area contributed by atoms with Crippen LogP contribution in [-0.4, -0.2) is 49.3 Å². The van der Waals surface area contributed by atoms with Crippen molar-refractivity contribution in [3.8, 4) is 0 Å². The van der Waals surface area contributed by atoms with Crippen LogP contribution < -0.4 is 5.32 Å². The van der Waals surface area contributed by atoms with Crippen LogP contribution >= 0.6 is 0 Å². The van der Waals surface area contributed by atoms with E-state index in [0.717, 1.165) is 19.6 Å². The molecule has 16 heavy (non-hydrogen) atoms. The van der Waals surface area contributed by atoms with Crippen LogP contribution in [0.25, 0.3) is 0 Å². The van der Waals surface area contributed by atoms with Crippen molar-refractivity contribution in [2.24, 2.45) is 5.41 Å². The van der Waals surface area contributed by atoms with Gasteiger partial charge in [-0.1, -0.05) is 20.3 Å². The fraction of sp³-hybridized carbons (Fsp3) is 1.00. The van der Waals surface area contributed by atoms with Crippen molar-refractivity contribution in [3.05, 3.63) is 0 Å². The molecule has 0 fully saturated rings. The minimum atomic E-state index is 0.250. The highest BCUT2D eigenvalue weighted by Gasteiger charge is 2.26. The summed E-state index contributed by atoms with van der Waals surface area (Å²) in [6.07, 6.45) is 2.44. The van der Waals surface area contributed by atoms with Crippen molar-refractivity contribution in [1.29, 1.82) is 0 Å².